The molecule has 1 saturated carbocycles. The van der Waals surface area contributed by atoms with Crippen LogP contribution in [0.5, 0.6) is 0 Å². The van der Waals surface area contributed by atoms with Crippen molar-refractivity contribution in [3.8, 4) is 0 Å². The minimum atomic E-state index is 0.0828. The lowest BCUT2D eigenvalue weighted by molar-refractivity contribution is -0.276. The van der Waals surface area contributed by atoms with E-state index in [0.29, 0.717) is 4.83 Å². The normalized spacial score (nSPS) is 38.2. The summed E-state index contributed by atoms with van der Waals surface area (Å²) in [5, 5.41) is 8.16. The van der Waals surface area contributed by atoms with Crippen molar-refractivity contribution in [1.29, 1.82) is 0 Å². The Bertz CT molecular complexity index is 76.8. The number of hydrogen-bond donors (Lipinski definition) is 1. The highest BCUT2D eigenvalue weighted by Crippen LogP contribution is 2.26. The van der Waals surface area contributed by atoms with Crippen LogP contribution in [0.25, 0.3) is 0 Å². The summed E-state index contributed by atoms with van der Waals surface area (Å²) in [6, 6.07) is 0. The molecule has 1 aliphatic rings. The molecule has 1 N–H and O–H groups in total. The molecule has 0 aromatic rings. The molecular weight excluding hydrogens is 172 g/mol. The van der Waals surface area contributed by atoms with Crippen LogP contribution in [0.15, 0.2) is 0 Å². The van der Waals surface area contributed by atoms with E-state index in [4.69, 9.17) is 5.26 Å². The molecule has 0 amide bonds. The molecule has 1 rings (SSSR count). The van der Waals surface area contributed by atoms with Crippen LogP contribution in [-0.2, 0) is 4.89 Å². The second-order valence-corrected chi connectivity index (χ2v) is 3.43. The predicted molar refractivity (Wildman–Crippen MR) is 34.1 cm³/mol. The molecular formula is C5H9BrO2. The molecule has 48 valence electrons. The Morgan fingerprint density at radius 2 is 2.25 bits per heavy atom. The Balaban J connectivity index is 2.22. The van der Waals surface area contributed by atoms with Gasteiger partial charge < -0.3 is 0 Å². The van der Waals surface area contributed by atoms with Crippen LogP contribution in [0.3, 0.4) is 0 Å². The van der Waals surface area contributed by atoms with Gasteiger partial charge in [-0.05, 0) is 19.3 Å². The zero-order chi connectivity index (χ0) is 5.98. The second kappa shape index (κ2) is 2.80. The van der Waals surface area contributed by atoms with Crippen LogP contribution in [0, 0.1) is 0 Å². The Hall–Kier alpha value is 0.400. The maximum Gasteiger partial charge on any atom is 0.0938 e. The molecule has 0 bridgehead atoms. The van der Waals surface area contributed by atoms with E-state index < -0.39 is 0 Å². The van der Waals surface area contributed by atoms with Gasteiger partial charge in [0.2, 0.25) is 0 Å². The average molecular weight is 181 g/mol. The minimum Gasteiger partial charge on any atom is -0.252 e. The highest BCUT2D eigenvalue weighted by Gasteiger charge is 2.22. The molecule has 8 heavy (non-hydrogen) atoms. The van der Waals surface area contributed by atoms with Gasteiger partial charge in [-0.25, -0.2) is 4.89 Å². The van der Waals surface area contributed by atoms with Gasteiger partial charge in [0.05, 0.1) is 6.10 Å². The third-order valence-electron chi connectivity index (χ3n) is 1.47. The number of halogens is 1. The van der Waals surface area contributed by atoms with Crippen molar-refractivity contribution in [1.82, 2.24) is 0 Å². The van der Waals surface area contributed by atoms with Crippen molar-refractivity contribution in [2.45, 2.75) is 30.2 Å². The maximum absolute atomic E-state index is 8.16. The van der Waals surface area contributed by atoms with E-state index in [1.54, 1.807) is 0 Å². The SMILES string of the molecule is OO[C@H]1CC[C@H](Br)C1. The first kappa shape index (κ1) is 6.52. The van der Waals surface area contributed by atoms with Gasteiger partial charge in [0, 0.05) is 4.83 Å². The Morgan fingerprint density at radius 3 is 2.50 bits per heavy atom. The third kappa shape index (κ3) is 1.44. The topological polar surface area (TPSA) is 29.5 Å². The second-order valence-electron chi connectivity index (χ2n) is 2.14. The van der Waals surface area contributed by atoms with Crippen molar-refractivity contribution in [2.75, 3.05) is 0 Å². The monoisotopic (exact) mass is 180 g/mol. The summed E-state index contributed by atoms with van der Waals surface area (Å²) in [4.78, 5) is 4.71. The standard InChI is InChI=1S/C5H9BrO2/c6-4-1-2-5(3-4)8-7/h4-5,7H,1-3H2/t4-,5-/m0/s1. The molecule has 0 aliphatic heterocycles. The molecule has 0 spiro atoms. The molecule has 0 radical (unpaired) electrons. The predicted octanol–water partition coefficient (Wildman–Crippen LogP) is 1.79. The van der Waals surface area contributed by atoms with Crippen molar-refractivity contribution < 1.29 is 10.1 Å². The zero-order valence-corrected chi connectivity index (χ0v) is 6.10. The fourth-order valence-corrected chi connectivity index (χ4v) is 1.66. The Labute approximate surface area is 56.9 Å². The molecule has 0 aromatic carbocycles. The fraction of sp³-hybridized carbons (Fsp3) is 1.00. The quantitative estimate of drug-likeness (QED) is 0.379. The minimum absolute atomic E-state index is 0.0828. The first-order chi connectivity index (χ1) is 3.83. The zero-order valence-electron chi connectivity index (χ0n) is 4.51. The van der Waals surface area contributed by atoms with Crippen molar-refractivity contribution in [3.05, 3.63) is 0 Å². The maximum atomic E-state index is 8.16. The van der Waals surface area contributed by atoms with Gasteiger partial charge in [0.15, 0.2) is 0 Å². The first-order valence-corrected chi connectivity index (χ1v) is 3.69. The van der Waals surface area contributed by atoms with E-state index in [2.05, 4.69) is 20.8 Å². The van der Waals surface area contributed by atoms with Gasteiger partial charge in [-0.15, -0.1) is 0 Å². The Kier molecular flexibility index (Phi) is 2.28. The van der Waals surface area contributed by atoms with Crippen LogP contribution in [-0.4, -0.2) is 16.2 Å². The van der Waals surface area contributed by atoms with Crippen molar-refractivity contribution >= 4 is 15.9 Å². The van der Waals surface area contributed by atoms with Crippen LogP contribution in [0.4, 0.5) is 0 Å². The van der Waals surface area contributed by atoms with Crippen LogP contribution >= 0.6 is 15.9 Å². The van der Waals surface area contributed by atoms with Gasteiger partial charge in [-0.1, -0.05) is 15.9 Å². The van der Waals surface area contributed by atoms with Crippen molar-refractivity contribution in [3.63, 3.8) is 0 Å². The molecule has 0 saturated heterocycles. The summed E-state index contributed by atoms with van der Waals surface area (Å²) < 4.78 is 0. The number of alkyl halides is 1. The van der Waals surface area contributed by atoms with Gasteiger partial charge >= 0.3 is 0 Å². The highest BCUT2D eigenvalue weighted by molar-refractivity contribution is 9.09. The van der Waals surface area contributed by atoms with Crippen molar-refractivity contribution in [2.24, 2.45) is 0 Å². The molecule has 1 aliphatic carbocycles. The molecule has 0 heterocycles. The summed E-state index contributed by atoms with van der Waals surface area (Å²) in [5.74, 6) is 0. The van der Waals surface area contributed by atoms with Crippen LogP contribution in [0.1, 0.15) is 19.3 Å². The van der Waals surface area contributed by atoms with Crippen LogP contribution in [0.2, 0.25) is 0 Å². The van der Waals surface area contributed by atoms with Crippen LogP contribution < -0.4 is 0 Å². The smallest absolute Gasteiger partial charge is 0.0938 e. The number of hydrogen-bond acceptors (Lipinski definition) is 2. The summed E-state index contributed by atoms with van der Waals surface area (Å²) in [6.07, 6.45) is 3.12. The number of rotatable bonds is 1. The lowest BCUT2D eigenvalue weighted by Crippen LogP contribution is -2.04. The molecule has 2 nitrogen and oxygen atoms in total. The highest BCUT2D eigenvalue weighted by atomic mass is 79.9. The first-order valence-electron chi connectivity index (χ1n) is 2.77. The van der Waals surface area contributed by atoms with E-state index in [1.165, 1.54) is 0 Å². The van der Waals surface area contributed by atoms with Gasteiger partial charge in [0.25, 0.3) is 0 Å². The van der Waals surface area contributed by atoms with Gasteiger partial charge in [-0.2, -0.15) is 0 Å². The summed E-state index contributed by atoms with van der Waals surface area (Å²) in [7, 11) is 0. The Morgan fingerprint density at radius 1 is 1.50 bits per heavy atom. The third-order valence-corrected chi connectivity index (χ3v) is 2.30. The fourth-order valence-electron chi connectivity index (χ4n) is 0.983. The van der Waals surface area contributed by atoms with E-state index in [0.717, 1.165) is 19.3 Å². The molecule has 0 unspecified atom stereocenters. The summed E-state index contributed by atoms with van der Waals surface area (Å²) >= 11 is 3.43. The molecule has 2 atom stereocenters. The van der Waals surface area contributed by atoms with E-state index >= 15 is 0 Å². The van der Waals surface area contributed by atoms with Gasteiger partial charge in [0.1, 0.15) is 0 Å². The average Bonchev–Trinajstić information content (AvgIpc) is 2.14. The molecule has 1 fully saturated rings. The summed E-state index contributed by atoms with van der Waals surface area (Å²) in [6.45, 7) is 0. The lowest BCUT2D eigenvalue weighted by atomic mass is 10.3. The van der Waals surface area contributed by atoms with Gasteiger partial charge in [-0.3, -0.25) is 5.26 Å². The van der Waals surface area contributed by atoms with E-state index in [1.807, 2.05) is 0 Å². The van der Waals surface area contributed by atoms with E-state index in [-0.39, 0.29) is 6.10 Å². The van der Waals surface area contributed by atoms with E-state index in [9.17, 15) is 0 Å². The summed E-state index contributed by atoms with van der Waals surface area (Å²) in [5.41, 5.74) is 0. The molecule has 3 heteroatoms. The lowest BCUT2D eigenvalue weighted by Gasteiger charge is -2.00. The molecule has 0 aromatic heterocycles. The largest absolute Gasteiger partial charge is 0.252 e.